The summed E-state index contributed by atoms with van der Waals surface area (Å²) >= 11 is 1.69. The predicted molar refractivity (Wildman–Crippen MR) is 121 cm³/mol. The van der Waals surface area contributed by atoms with Crippen LogP contribution in [0.15, 0.2) is 82.4 Å². The summed E-state index contributed by atoms with van der Waals surface area (Å²) in [6.07, 6.45) is 4.13. The normalized spacial score (nSPS) is 21.9. The third-order valence-electron chi connectivity index (χ3n) is 5.91. The van der Waals surface area contributed by atoms with Crippen LogP contribution in [0.1, 0.15) is 19.8 Å². The van der Waals surface area contributed by atoms with E-state index in [1.807, 2.05) is 42.5 Å². The van der Waals surface area contributed by atoms with Gasteiger partial charge in [-0.2, -0.15) is 0 Å². The molecule has 0 amide bonds. The molecule has 2 aromatic carbocycles. The summed E-state index contributed by atoms with van der Waals surface area (Å²) in [4.78, 5) is 1.05. The van der Waals surface area contributed by atoms with Crippen LogP contribution in [0, 0.1) is 11.2 Å². The Morgan fingerprint density at radius 1 is 1.17 bits per heavy atom. The number of ether oxygens (including phenoxy) is 1. The lowest BCUT2D eigenvalue weighted by molar-refractivity contribution is 0.0745. The standard InChI is InChI=1S/C24H28FN3OS/c1-18-15-24(17-29-2)16-27(30-22-10-8-20(25)9-11-22)13-12-19(24)14-23(18)28(26)21-6-4-3-5-7-21/h3-11,14H,12-13,15-17,26H2,1-2H3. The number of piperidine rings is 1. The van der Waals surface area contributed by atoms with Crippen molar-refractivity contribution in [3.8, 4) is 0 Å². The zero-order chi connectivity index (χ0) is 21.1. The molecule has 0 radical (unpaired) electrons. The molecular formula is C24H28FN3OS. The molecule has 1 aliphatic heterocycles. The molecule has 2 aliphatic rings. The van der Waals surface area contributed by atoms with Gasteiger partial charge in [-0.15, -0.1) is 0 Å². The van der Waals surface area contributed by atoms with E-state index in [-0.39, 0.29) is 11.2 Å². The second-order valence-electron chi connectivity index (χ2n) is 8.09. The fraction of sp³-hybridized carbons (Fsp3) is 0.333. The third kappa shape index (κ3) is 4.32. The number of nitrogens with two attached hydrogens (primary N) is 1. The number of hydrazine groups is 1. The molecule has 1 saturated heterocycles. The highest BCUT2D eigenvalue weighted by Gasteiger charge is 2.42. The summed E-state index contributed by atoms with van der Waals surface area (Å²) in [6, 6.07) is 16.8. The maximum Gasteiger partial charge on any atom is 0.123 e. The fourth-order valence-electron chi connectivity index (χ4n) is 4.50. The van der Waals surface area contributed by atoms with Gasteiger partial charge in [0.25, 0.3) is 0 Å². The van der Waals surface area contributed by atoms with Gasteiger partial charge in [0, 0.05) is 30.5 Å². The topological polar surface area (TPSA) is 41.7 Å². The highest BCUT2D eigenvalue weighted by molar-refractivity contribution is 7.97. The van der Waals surface area contributed by atoms with Crippen LogP contribution in [0.2, 0.25) is 0 Å². The number of fused-ring (bicyclic) bond motifs is 1. The Kier molecular flexibility index (Phi) is 6.29. The first kappa shape index (κ1) is 21.1. The van der Waals surface area contributed by atoms with Crippen molar-refractivity contribution in [1.29, 1.82) is 0 Å². The monoisotopic (exact) mass is 425 g/mol. The van der Waals surface area contributed by atoms with Gasteiger partial charge in [-0.05, 0) is 79.8 Å². The van der Waals surface area contributed by atoms with E-state index in [1.54, 1.807) is 24.1 Å². The lowest BCUT2D eigenvalue weighted by Gasteiger charge is -2.47. The smallest absolute Gasteiger partial charge is 0.123 e. The number of hydrogen-bond acceptors (Lipinski definition) is 5. The first-order valence-corrected chi connectivity index (χ1v) is 11.0. The van der Waals surface area contributed by atoms with Crippen LogP contribution in [0.3, 0.4) is 0 Å². The number of anilines is 1. The fourth-order valence-corrected chi connectivity index (χ4v) is 5.55. The van der Waals surface area contributed by atoms with Crippen molar-refractivity contribution in [3.05, 3.63) is 83.3 Å². The van der Waals surface area contributed by atoms with Gasteiger partial charge in [-0.1, -0.05) is 23.8 Å². The molecule has 4 nitrogen and oxygen atoms in total. The largest absolute Gasteiger partial charge is 0.384 e. The van der Waals surface area contributed by atoms with Gasteiger partial charge in [0.2, 0.25) is 0 Å². The van der Waals surface area contributed by atoms with E-state index in [0.717, 1.165) is 42.2 Å². The maximum absolute atomic E-state index is 13.2. The SMILES string of the molecule is COCC12CC(C)=C(N(N)c3ccccc3)C=C1CCN(Sc1ccc(F)cc1)C2. The van der Waals surface area contributed by atoms with Crippen molar-refractivity contribution in [1.82, 2.24) is 4.31 Å². The number of para-hydroxylation sites is 1. The van der Waals surface area contributed by atoms with Gasteiger partial charge >= 0.3 is 0 Å². The Morgan fingerprint density at radius 2 is 1.90 bits per heavy atom. The van der Waals surface area contributed by atoms with E-state index in [0.29, 0.717) is 6.61 Å². The summed E-state index contributed by atoms with van der Waals surface area (Å²) in [5.41, 5.74) is 4.64. The lowest BCUT2D eigenvalue weighted by atomic mass is 9.69. The van der Waals surface area contributed by atoms with E-state index in [9.17, 15) is 4.39 Å². The summed E-state index contributed by atoms with van der Waals surface area (Å²) in [5, 5.41) is 1.79. The third-order valence-corrected chi connectivity index (χ3v) is 6.96. The zero-order valence-corrected chi connectivity index (χ0v) is 18.3. The molecule has 1 aliphatic carbocycles. The lowest BCUT2D eigenvalue weighted by Crippen LogP contribution is -2.47. The van der Waals surface area contributed by atoms with Crippen LogP contribution in [0.4, 0.5) is 10.1 Å². The van der Waals surface area contributed by atoms with Gasteiger partial charge < -0.3 is 4.74 Å². The Hall–Kier alpha value is -2.12. The molecule has 0 spiro atoms. The van der Waals surface area contributed by atoms with Gasteiger partial charge in [-0.3, -0.25) is 5.01 Å². The minimum absolute atomic E-state index is 0.0643. The molecule has 158 valence electrons. The molecule has 1 unspecified atom stereocenters. The molecule has 2 aromatic rings. The molecule has 0 bridgehead atoms. The van der Waals surface area contributed by atoms with Gasteiger partial charge in [0.1, 0.15) is 5.82 Å². The molecule has 0 saturated carbocycles. The molecule has 30 heavy (non-hydrogen) atoms. The number of rotatable bonds is 6. The van der Waals surface area contributed by atoms with Gasteiger partial charge in [0.15, 0.2) is 0 Å². The summed E-state index contributed by atoms with van der Waals surface area (Å²) < 4.78 is 21.3. The van der Waals surface area contributed by atoms with Crippen LogP contribution in [-0.4, -0.2) is 31.1 Å². The summed E-state index contributed by atoms with van der Waals surface area (Å²) in [7, 11) is 1.77. The predicted octanol–water partition coefficient (Wildman–Crippen LogP) is 5.16. The Balaban J connectivity index is 1.57. The van der Waals surface area contributed by atoms with E-state index in [4.69, 9.17) is 10.6 Å². The van der Waals surface area contributed by atoms with Crippen LogP contribution in [-0.2, 0) is 4.74 Å². The Morgan fingerprint density at radius 3 is 2.60 bits per heavy atom. The molecule has 1 atom stereocenters. The zero-order valence-electron chi connectivity index (χ0n) is 17.5. The number of benzene rings is 2. The minimum Gasteiger partial charge on any atom is -0.384 e. The molecule has 6 heteroatoms. The number of hydrogen-bond donors (Lipinski definition) is 1. The van der Waals surface area contributed by atoms with Crippen LogP contribution >= 0.6 is 11.9 Å². The number of methoxy groups -OCH3 is 1. The summed E-state index contributed by atoms with van der Waals surface area (Å²) in [6.45, 7) is 4.64. The molecule has 4 rings (SSSR count). The van der Waals surface area contributed by atoms with E-state index < -0.39 is 0 Å². The van der Waals surface area contributed by atoms with Crippen molar-refractivity contribution >= 4 is 17.6 Å². The molecule has 2 N–H and O–H groups in total. The molecule has 1 heterocycles. The Bertz CT molecular complexity index is 945. The van der Waals surface area contributed by atoms with Crippen LogP contribution < -0.4 is 10.9 Å². The van der Waals surface area contributed by atoms with Crippen molar-refractivity contribution < 1.29 is 9.13 Å². The van der Waals surface area contributed by atoms with Crippen LogP contribution in [0.25, 0.3) is 0 Å². The second-order valence-corrected chi connectivity index (χ2v) is 9.26. The molecular weight excluding hydrogens is 397 g/mol. The average molecular weight is 426 g/mol. The van der Waals surface area contributed by atoms with Crippen molar-refractivity contribution in [2.24, 2.45) is 11.3 Å². The molecule has 0 aromatic heterocycles. The first-order valence-electron chi connectivity index (χ1n) is 10.2. The van der Waals surface area contributed by atoms with Crippen molar-refractivity contribution in [2.75, 3.05) is 31.8 Å². The highest BCUT2D eigenvalue weighted by atomic mass is 32.2. The van der Waals surface area contributed by atoms with Crippen molar-refractivity contribution in [3.63, 3.8) is 0 Å². The number of halogens is 1. The van der Waals surface area contributed by atoms with Crippen molar-refractivity contribution in [2.45, 2.75) is 24.7 Å². The van der Waals surface area contributed by atoms with Gasteiger partial charge in [0.05, 0.1) is 18.0 Å². The molecule has 1 fully saturated rings. The highest BCUT2D eigenvalue weighted by Crippen LogP contribution is 2.47. The average Bonchev–Trinajstić information content (AvgIpc) is 2.75. The first-order chi connectivity index (χ1) is 14.5. The maximum atomic E-state index is 13.2. The number of nitrogens with zero attached hydrogens (tertiary/aromatic N) is 2. The van der Waals surface area contributed by atoms with E-state index >= 15 is 0 Å². The van der Waals surface area contributed by atoms with E-state index in [2.05, 4.69) is 17.3 Å². The second kappa shape index (κ2) is 8.94. The quantitative estimate of drug-likeness (QED) is 0.394. The number of allylic oxidation sites excluding steroid dienone is 2. The van der Waals surface area contributed by atoms with E-state index in [1.165, 1.54) is 23.3 Å². The summed E-state index contributed by atoms with van der Waals surface area (Å²) in [5.74, 6) is 6.29. The minimum atomic E-state index is -0.204. The van der Waals surface area contributed by atoms with Gasteiger partial charge in [-0.25, -0.2) is 14.5 Å². The Labute approximate surface area is 182 Å². The van der Waals surface area contributed by atoms with Crippen LogP contribution in [0.5, 0.6) is 0 Å².